The van der Waals surface area contributed by atoms with E-state index in [1.165, 1.54) is 23.9 Å². The maximum Gasteiger partial charge on any atom is 0.433 e. The Balaban J connectivity index is 1.47. The third kappa shape index (κ3) is 4.64. The molecule has 29 heavy (non-hydrogen) atoms. The molecule has 1 aliphatic rings. The topological polar surface area (TPSA) is 45.2 Å². The standard InChI is InChI=1S/C21H22F3N5/c22-21(23,24)19-5-4-17-18(27-19)6-9-26-20(17)29-11-2-10-28(13-14-29)12-7-16-3-1-8-25-15-16/h1,3-6,8-9,15H,2,7,10-14H2. The Hall–Kier alpha value is -2.74. The van der Waals surface area contributed by atoms with Crippen LogP contribution in [0.3, 0.4) is 0 Å². The summed E-state index contributed by atoms with van der Waals surface area (Å²) in [7, 11) is 0. The highest BCUT2D eigenvalue weighted by atomic mass is 19.4. The first-order chi connectivity index (χ1) is 14.0. The summed E-state index contributed by atoms with van der Waals surface area (Å²) in [6, 6.07) is 8.08. The summed E-state index contributed by atoms with van der Waals surface area (Å²) in [6.45, 7) is 4.42. The van der Waals surface area contributed by atoms with Crippen molar-refractivity contribution in [3.8, 4) is 0 Å². The second-order valence-electron chi connectivity index (χ2n) is 7.19. The van der Waals surface area contributed by atoms with Crippen molar-refractivity contribution >= 4 is 16.7 Å². The molecule has 0 N–H and O–H groups in total. The van der Waals surface area contributed by atoms with Crippen LogP contribution in [0.5, 0.6) is 0 Å². The molecule has 0 spiro atoms. The zero-order valence-electron chi connectivity index (χ0n) is 15.9. The molecule has 1 fully saturated rings. The second kappa shape index (κ2) is 8.32. The fourth-order valence-corrected chi connectivity index (χ4v) is 3.69. The molecule has 8 heteroatoms. The van der Waals surface area contributed by atoms with Gasteiger partial charge >= 0.3 is 6.18 Å². The van der Waals surface area contributed by atoms with Crippen LogP contribution in [0, 0.1) is 0 Å². The third-order valence-corrected chi connectivity index (χ3v) is 5.21. The SMILES string of the molecule is FC(F)(F)c1ccc2c(N3CCCN(CCc4cccnc4)CC3)nccc2n1. The first-order valence-electron chi connectivity index (χ1n) is 9.70. The lowest BCUT2D eigenvalue weighted by atomic mass is 10.2. The quantitative estimate of drug-likeness (QED) is 0.666. The van der Waals surface area contributed by atoms with Crippen LogP contribution in [-0.2, 0) is 12.6 Å². The van der Waals surface area contributed by atoms with Crippen LogP contribution in [0.25, 0.3) is 10.9 Å². The molecule has 0 bridgehead atoms. The molecule has 3 aromatic rings. The molecule has 0 atom stereocenters. The maximum absolute atomic E-state index is 13.0. The van der Waals surface area contributed by atoms with Crippen LogP contribution in [-0.4, -0.2) is 52.6 Å². The highest BCUT2D eigenvalue weighted by Gasteiger charge is 2.32. The minimum absolute atomic E-state index is 0.322. The minimum atomic E-state index is -4.45. The molecule has 5 nitrogen and oxygen atoms in total. The van der Waals surface area contributed by atoms with Crippen molar-refractivity contribution in [2.24, 2.45) is 0 Å². The van der Waals surface area contributed by atoms with E-state index >= 15 is 0 Å². The van der Waals surface area contributed by atoms with Crippen molar-refractivity contribution in [3.05, 3.63) is 60.2 Å². The van der Waals surface area contributed by atoms with Crippen molar-refractivity contribution < 1.29 is 13.2 Å². The summed E-state index contributed by atoms with van der Waals surface area (Å²) in [5.41, 5.74) is 0.665. The average Bonchev–Trinajstić information content (AvgIpc) is 2.97. The van der Waals surface area contributed by atoms with Crippen LogP contribution in [0.2, 0.25) is 0 Å². The molecule has 0 amide bonds. The number of fused-ring (bicyclic) bond motifs is 1. The van der Waals surface area contributed by atoms with Crippen molar-refractivity contribution in [3.63, 3.8) is 0 Å². The van der Waals surface area contributed by atoms with Crippen molar-refractivity contribution in [2.45, 2.75) is 19.0 Å². The molecule has 1 saturated heterocycles. The predicted octanol–water partition coefficient (Wildman–Crippen LogP) is 3.80. The van der Waals surface area contributed by atoms with E-state index < -0.39 is 11.9 Å². The van der Waals surface area contributed by atoms with E-state index in [9.17, 15) is 13.2 Å². The van der Waals surface area contributed by atoms with Gasteiger partial charge in [-0.1, -0.05) is 6.07 Å². The Morgan fingerprint density at radius 1 is 0.966 bits per heavy atom. The predicted molar refractivity (Wildman–Crippen MR) is 106 cm³/mol. The first kappa shape index (κ1) is 19.6. The number of pyridine rings is 3. The molecule has 0 unspecified atom stereocenters. The Morgan fingerprint density at radius 3 is 2.66 bits per heavy atom. The molecule has 152 valence electrons. The van der Waals surface area contributed by atoms with Crippen LogP contribution in [0.4, 0.5) is 19.0 Å². The van der Waals surface area contributed by atoms with Gasteiger partial charge < -0.3 is 9.80 Å². The van der Waals surface area contributed by atoms with Gasteiger partial charge in [-0.3, -0.25) is 4.98 Å². The fraction of sp³-hybridized carbons (Fsp3) is 0.381. The molecular weight excluding hydrogens is 379 g/mol. The van der Waals surface area contributed by atoms with Gasteiger partial charge in [-0.05, 0) is 49.2 Å². The van der Waals surface area contributed by atoms with Gasteiger partial charge in [-0.25, -0.2) is 9.97 Å². The van der Waals surface area contributed by atoms with Crippen LogP contribution >= 0.6 is 0 Å². The minimum Gasteiger partial charge on any atom is -0.355 e. The number of nitrogens with zero attached hydrogens (tertiary/aromatic N) is 5. The van der Waals surface area contributed by atoms with E-state index in [1.807, 2.05) is 12.3 Å². The van der Waals surface area contributed by atoms with E-state index in [0.29, 0.717) is 16.7 Å². The molecule has 0 radical (unpaired) electrons. The monoisotopic (exact) mass is 401 g/mol. The second-order valence-corrected chi connectivity index (χ2v) is 7.19. The average molecular weight is 401 g/mol. The Morgan fingerprint density at radius 2 is 1.86 bits per heavy atom. The number of hydrogen-bond acceptors (Lipinski definition) is 5. The van der Waals surface area contributed by atoms with E-state index in [-0.39, 0.29) is 0 Å². The molecule has 0 aromatic carbocycles. The van der Waals surface area contributed by atoms with E-state index in [4.69, 9.17) is 0 Å². The summed E-state index contributed by atoms with van der Waals surface area (Å²) < 4.78 is 38.9. The zero-order valence-corrected chi connectivity index (χ0v) is 15.9. The van der Waals surface area contributed by atoms with Gasteiger partial charge in [-0.15, -0.1) is 0 Å². The van der Waals surface area contributed by atoms with Gasteiger partial charge in [0.2, 0.25) is 0 Å². The summed E-state index contributed by atoms with van der Waals surface area (Å²) in [4.78, 5) is 17.0. The Labute approximate surface area is 167 Å². The number of alkyl halides is 3. The lowest BCUT2D eigenvalue weighted by molar-refractivity contribution is -0.140. The maximum atomic E-state index is 13.0. The molecule has 0 aliphatic carbocycles. The summed E-state index contributed by atoms with van der Waals surface area (Å²) in [6.07, 6.45) is 2.68. The van der Waals surface area contributed by atoms with Gasteiger partial charge in [0.25, 0.3) is 0 Å². The lowest BCUT2D eigenvalue weighted by Crippen LogP contribution is -2.32. The van der Waals surface area contributed by atoms with Crippen molar-refractivity contribution in [1.29, 1.82) is 0 Å². The molecular formula is C21H22F3N5. The van der Waals surface area contributed by atoms with Crippen LogP contribution < -0.4 is 4.90 Å². The summed E-state index contributed by atoms with van der Waals surface area (Å²) >= 11 is 0. The molecule has 4 rings (SSSR count). The molecule has 0 saturated carbocycles. The highest BCUT2D eigenvalue weighted by molar-refractivity contribution is 5.89. The smallest absolute Gasteiger partial charge is 0.355 e. The lowest BCUT2D eigenvalue weighted by Gasteiger charge is -2.24. The van der Waals surface area contributed by atoms with Gasteiger partial charge in [0.15, 0.2) is 0 Å². The zero-order chi connectivity index (χ0) is 20.3. The van der Waals surface area contributed by atoms with Crippen molar-refractivity contribution in [2.75, 3.05) is 37.6 Å². The third-order valence-electron chi connectivity index (χ3n) is 5.21. The normalized spacial score (nSPS) is 16.2. The van der Waals surface area contributed by atoms with Crippen LogP contribution in [0.1, 0.15) is 17.7 Å². The van der Waals surface area contributed by atoms with Gasteiger partial charge in [0.1, 0.15) is 11.5 Å². The Bertz CT molecular complexity index is 961. The number of anilines is 1. The van der Waals surface area contributed by atoms with Crippen LogP contribution in [0.15, 0.2) is 48.9 Å². The Kier molecular flexibility index (Phi) is 5.62. The molecule has 1 aliphatic heterocycles. The highest BCUT2D eigenvalue weighted by Crippen LogP contribution is 2.31. The number of halogens is 3. The summed E-state index contributed by atoms with van der Waals surface area (Å²) in [5.74, 6) is 0.706. The summed E-state index contributed by atoms with van der Waals surface area (Å²) in [5, 5.41) is 0.657. The van der Waals surface area contributed by atoms with Gasteiger partial charge in [0, 0.05) is 50.2 Å². The fourth-order valence-electron chi connectivity index (χ4n) is 3.69. The van der Waals surface area contributed by atoms with Gasteiger partial charge in [-0.2, -0.15) is 13.2 Å². The number of hydrogen-bond donors (Lipinski definition) is 0. The van der Waals surface area contributed by atoms with E-state index in [2.05, 4.69) is 30.8 Å². The molecule has 3 aromatic heterocycles. The largest absolute Gasteiger partial charge is 0.433 e. The first-order valence-corrected chi connectivity index (χ1v) is 9.70. The molecule has 4 heterocycles. The van der Waals surface area contributed by atoms with Gasteiger partial charge in [0.05, 0.1) is 5.52 Å². The number of aromatic nitrogens is 3. The number of rotatable bonds is 4. The van der Waals surface area contributed by atoms with E-state index in [0.717, 1.165) is 51.6 Å². The van der Waals surface area contributed by atoms with E-state index in [1.54, 1.807) is 6.20 Å². The van der Waals surface area contributed by atoms with Crippen molar-refractivity contribution in [1.82, 2.24) is 19.9 Å².